The molecule has 0 aliphatic rings. The number of hydrogen-bond donors (Lipinski definition) is 1. The Morgan fingerprint density at radius 2 is 1.71 bits per heavy atom. The molecule has 21 heavy (non-hydrogen) atoms. The van der Waals surface area contributed by atoms with E-state index in [4.69, 9.17) is 9.47 Å². The molecule has 3 heteroatoms. The molecule has 1 unspecified atom stereocenters. The van der Waals surface area contributed by atoms with E-state index in [0.29, 0.717) is 6.42 Å². The van der Waals surface area contributed by atoms with Gasteiger partial charge in [0.05, 0.1) is 18.8 Å². The van der Waals surface area contributed by atoms with Gasteiger partial charge in [0.2, 0.25) is 0 Å². The van der Waals surface area contributed by atoms with Gasteiger partial charge in [0.15, 0.2) is 0 Å². The molecule has 0 radical (unpaired) electrons. The van der Waals surface area contributed by atoms with Crippen molar-refractivity contribution in [2.24, 2.45) is 0 Å². The molecule has 0 aromatic heterocycles. The second-order valence-electron chi connectivity index (χ2n) is 5.92. The van der Waals surface area contributed by atoms with Gasteiger partial charge in [-0.15, -0.1) is 0 Å². The fourth-order valence-corrected chi connectivity index (χ4v) is 2.51. The van der Waals surface area contributed by atoms with Crippen molar-refractivity contribution in [3.63, 3.8) is 0 Å². The van der Waals surface area contributed by atoms with Gasteiger partial charge in [-0.3, -0.25) is 0 Å². The Hall–Kier alpha value is -1.58. The lowest BCUT2D eigenvalue weighted by atomic mass is 9.93. The summed E-state index contributed by atoms with van der Waals surface area (Å²) < 4.78 is 10.8. The molecule has 0 saturated carbocycles. The molecule has 0 saturated heterocycles. The molecule has 0 bridgehead atoms. The van der Waals surface area contributed by atoms with E-state index in [2.05, 4.69) is 0 Å². The minimum absolute atomic E-state index is 0.219. The van der Waals surface area contributed by atoms with Crippen LogP contribution >= 0.6 is 0 Å². The average molecular weight is 288 g/mol. The van der Waals surface area contributed by atoms with Crippen molar-refractivity contribution in [3.8, 4) is 5.75 Å². The second kappa shape index (κ2) is 6.46. The number of ether oxygens (including phenoxy) is 2. The van der Waals surface area contributed by atoms with Crippen molar-refractivity contribution in [2.75, 3.05) is 14.2 Å². The van der Waals surface area contributed by atoms with Crippen LogP contribution in [0.4, 0.5) is 0 Å². The van der Waals surface area contributed by atoms with Crippen LogP contribution in [-0.2, 0) is 4.74 Å². The standard InChI is InChI=1S/C18H24O3/c1-18(2,21-4)12-11-16(19)14-9-10-17(20-3)15-8-6-5-7-13(14)15/h5-10,16,19H,11-12H2,1-4H3. The highest BCUT2D eigenvalue weighted by atomic mass is 16.5. The van der Waals surface area contributed by atoms with Gasteiger partial charge < -0.3 is 14.6 Å². The quantitative estimate of drug-likeness (QED) is 0.870. The molecule has 2 aromatic carbocycles. The van der Waals surface area contributed by atoms with Crippen molar-refractivity contribution < 1.29 is 14.6 Å². The minimum atomic E-state index is -0.504. The largest absolute Gasteiger partial charge is 0.496 e. The van der Waals surface area contributed by atoms with Gasteiger partial charge in [0, 0.05) is 12.5 Å². The summed E-state index contributed by atoms with van der Waals surface area (Å²) in [7, 11) is 3.37. The van der Waals surface area contributed by atoms with Crippen molar-refractivity contribution in [2.45, 2.75) is 38.4 Å². The second-order valence-corrected chi connectivity index (χ2v) is 5.92. The van der Waals surface area contributed by atoms with Gasteiger partial charge in [-0.05, 0) is 43.7 Å². The lowest BCUT2D eigenvalue weighted by Gasteiger charge is -2.24. The normalized spacial score (nSPS) is 13.4. The number of aliphatic hydroxyl groups is 1. The first-order valence-corrected chi connectivity index (χ1v) is 7.27. The zero-order valence-electron chi connectivity index (χ0n) is 13.2. The van der Waals surface area contributed by atoms with Crippen molar-refractivity contribution in [3.05, 3.63) is 42.0 Å². The van der Waals surface area contributed by atoms with Crippen LogP contribution in [0.3, 0.4) is 0 Å². The fraction of sp³-hybridized carbons (Fsp3) is 0.444. The molecule has 0 aliphatic carbocycles. The average Bonchev–Trinajstić information content (AvgIpc) is 2.51. The number of aliphatic hydroxyl groups excluding tert-OH is 1. The molecule has 0 heterocycles. The summed E-state index contributed by atoms with van der Waals surface area (Å²) >= 11 is 0. The third kappa shape index (κ3) is 3.55. The van der Waals surface area contributed by atoms with Gasteiger partial charge in [0.1, 0.15) is 5.75 Å². The van der Waals surface area contributed by atoms with Crippen molar-refractivity contribution >= 4 is 10.8 Å². The van der Waals surface area contributed by atoms with Crippen LogP contribution in [0.2, 0.25) is 0 Å². The Morgan fingerprint density at radius 3 is 2.33 bits per heavy atom. The van der Waals surface area contributed by atoms with E-state index in [1.54, 1.807) is 14.2 Å². The first-order chi connectivity index (χ1) is 9.98. The number of fused-ring (bicyclic) bond motifs is 1. The molecule has 0 spiro atoms. The van der Waals surface area contributed by atoms with E-state index in [1.807, 2.05) is 50.2 Å². The smallest absolute Gasteiger partial charge is 0.126 e. The Morgan fingerprint density at radius 1 is 1.05 bits per heavy atom. The van der Waals surface area contributed by atoms with Gasteiger partial charge in [-0.1, -0.05) is 30.3 Å². The molecule has 2 aromatic rings. The van der Waals surface area contributed by atoms with Crippen LogP contribution in [-0.4, -0.2) is 24.9 Å². The van der Waals surface area contributed by atoms with Gasteiger partial charge in [0.25, 0.3) is 0 Å². The SMILES string of the molecule is COc1ccc(C(O)CCC(C)(C)OC)c2ccccc12. The summed E-state index contributed by atoms with van der Waals surface area (Å²) in [6.45, 7) is 4.07. The van der Waals surface area contributed by atoms with Gasteiger partial charge in [-0.2, -0.15) is 0 Å². The molecule has 2 rings (SSSR count). The number of hydrogen-bond acceptors (Lipinski definition) is 3. The topological polar surface area (TPSA) is 38.7 Å². The summed E-state index contributed by atoms with van der Waals surface area (Å²) in [6, 6.07) is 11.9. The maximum Gasteiger partial charge on any atom is 0.126 e. The summed E-state index contributed by atoms with van der Waals surface area (Å²) in [5.74, 6) is 0.832. The van der Waals surface area contributed by atoms with E-state index in [9.17, 15) is 5.11 Å². The Balaban J connectivity index is 2.30. The first kappa shape index (κ1) is 15.8. The molecule has 0 fully saturated rings. The highest BCUT2D eigenvalue weighted by molar-refractivity contribution is 5.91. The summed E-state index contributed by atoms with van der Waals surface area (Å²) in [4.78, 5) is 0. The summed E-state index contributed by atoms with van der Waals surface area (Å²) in [6.07, 6.45) is 0.956. The van der Waals surface area contributed by atoms with E-state index >= 15 is 0 Å². The lowest BCUT2D eigenvalue weighted by molar-refractivity contribution is 0.00291. The molecule has 1 atom stereocenters. The summed E-state index contributed by atoms with van der Waals surface area (Å²) in [5, 5.41) is 12.6. The third-order valence-corrected chi connectivity index (χ3v) is 4.07. The third-order valence-electron chi connectivity index (χ3n) is 4.07. The predicted octanol–water partition coefficient (Wildman–Crippen LogP) is 4.09. The molecule has 0 aliphatic heterocycles. The van der Waals surface area contributed by atoms with Crippen LogP contribution in [0.15, 0.2) is 36.4 Å². The first-order valence-electron chi connectivity index (χ1n) is 7.27. The zero-order valence-corrected chi connectivity index (χ0v) is 13.2. The number of methoxy groups -OCH3 is 2. The maximum atomic E-state index is 10.5. The molecule has 114 valence electrons. The van der Waals surface area contributed by atoms with Gasteiger partial charge >= 0.3 is 0 Å². The molecular weight excluding hydrogens is 264 g/mol. The molecule has 0 amide bonds. The summed E-state index contributed by atoms with van der Waals surface area (Å²) in [5.41, 5.74) is 0.724. The molecule has 1 N–H and O–H groups in total. The minimum Gasteiger partial charge on any atom is -0.496 e. The van der Waals surface area contributed by atoms with E-state index in [1.165, 1.54) is 0 Å². The monoisotopic (exact) mass is 288 g/mol. The predicted molar refractivity (Wildman–Crippen MR) is 85.8 cm³/mol. The fourth-order valence-electron chi connectivity index (χ4n) is 2.51. The lowest BCUT2D eigenvalue weighted by Crippen LogP contribution is -2.23. The number of benzene rings is 2. The maximum absolute atomic E-state index is 10.5. The van der Waals surface area contributed by atoms with Crippen molar-refractivity contribution in [1.82, 2.24) is 0 Å². The molecular formula is C18H24O3. The van der Waals surface area contributed by atoms with Crippen molar-refractivity contribution in [1.29, 1.82) is 0 Å². The van der Waals surface area contributed by atoms with Gasteiger partial charge in [-0.25, -0.2) is 0 Å². The van der Waals surface area contributed by atoms with Crippen LogP contribution in [0.1, 0.15) is 38.4 Å². The Kier molecular flexibility index (Phi) is 4.86. The highest BCUT2D eigenvalue weighted by Crippen LogP contribution is 2.34. The Labute approximate surface area is 126 Å². The number of rotatable bonds is 6. The highest BCUT2D eigenvalue weighted by Gasteiger charge is 2.20. The van der Waals surface area contributed by atoms with Crippen LogP contribution < -0.4 is 4.74 Å². The molecule has 3 nitrogen and oxygen atoms in total. The van der Waals surface area contributed by atoms with E-state index in [0.717, 1.165) is 28.5 Å². The van der Waals surface area contributed by atoms with Crippen LogP contribution in [0.5, 0.6) is 5.75 Å². The van der Waals surface area contributed by atoms with Crippen LogP contribution in [0.25, 0.3) is 10.8 Å². The zero-order chi connectivity index (χ0) is 15.5. The Bertz CT molecular complexity index is 604. The van der Waals surface area contributed by atoms with E-state index < -0.39 is 6.10 Å². The van der Waals surface area contributed by atoms with Crippen LogP contribution in [0, 0.1) is 0 Å². The van der Waals surface area contributed by atoms with E-state index in [-0.39, 0.29) is 5.60 Å².